The fourth-order valence-electron chi connectivity index (χ4n) is 3.40. The van der Waals surface area contributed by atoms with Gasteiger partial charge in [-0.25, -0.2) is 4.39 Å². The van der Waals surface area contributed by atoms with Gasteiger partial charge in [0.25, 0.3) is 5.91 Å². The smallest absolute Gasteiger partial charge is 0.259 e. The number of nitrogens with zero attached hydrogens (tertiary/aromatic N) is 3. The molecule has 6 nitrogen and oxygen atoms in total. The van der Waals surface area contributed by atoms with Crippen molar-refractivity contribution in [2.24, 2.45) is 5.92 Å². The van der Waals surface area contributed by atoms with Gasteiger partial charge >= 0.3 is 0 Å². The number of aromatic nitrogens is 1. The Balaban J connectivity index is 1.57. The van der Waals surface area contributed by atoms with Crippen molar-refractivity contribution in [3.8, 4) is 11.3 Å². The molecule has 8 heteroatoms. The minimum atomic E-state index is -0.565. The maximum absolute atomic E-state index is 14.3. The lowest BCUT2D eigenvalue weighted by Crippen LogP contribution is -2.51. The maximum Gasteiger partial charge on any atom is 0.259 e. The molecule has 142 valence electrons. The van der Waals surface area contributed by atoms with Crippen LogP contribution in [0.4, 0.5) is 4.39 Å². The summed E-state index contributed by atoms with van der Waals surface area (Å²) in [5, 5.41) is 4.05. The molecule has 2 aliphatic rings. The fraction of sp³-hybridized carbons (Fsp3) is 0.421. The lowest BCUT2D eigenvalue weighted by atomic mass is 10.0. The zero-order valence-electron chi connectivity index (χ0n) is 14.9. The molecule has 1 aliphatic carbocycles. The summed E-state index contributed by atoms with van der Waals surface area (Å²) in [6, 6.07) is 4.30. The Kier molecular flexibility index (Phi) is 4.63. The molecule has 1 aromatic carbocycles. The highest BCUT2D eigenvalue weighted by atomic mass is 35.5. The first-order valence-corrected chi connectivity index (χ1v) is 9.34. The number of hydrogen-bond acceptors (Lipinski definition) is 4. The number of piperazine rings is 1. The van der Waals surface area contributed by atoms with Crippen molar-refractivity contribution in [1.29, 1.82) is 0 Å². The highest BCUT2D eigenvalue weighted by molar-refractivity contribution is 6.33. The monoisotopic (exact) mass is 391 g/mol. The van der Waals surface area contributed by atoms with E-state index in [9.17, 15) is 14.0 Å². The first-order valence-electron chi connectivity index (χ1n) is 8.96. The molecule has 0 atom stereocenters. The molecular formula is C19H19ClFN3O3. The number of hydrogen-bond donors (Lipinski definition) is 0. The standard InChI is InChI=1S/C19H19ClFN3O3/c1-11-15(17(22-27-11)16-13(20)3-2-4-14(16)21)19(26)24-9-7-23(8-10-24)18(25)12-5-6-12/h2-4,12H,5-10H2,1H3. The van der Waals surface area contributed by atoms with E-state index in [1.54, 1.807) is 17.9 Å². The van der Waals surface area contributed by atoms with E-state index in [0.717, 1.165) is 12.8 Å². The fourth-order valence-corrected chi connectivity index (χ4v) is 3.65. The molecule has 2 fully saturated rings. The van der Waals surface area contributed by atoms with Crippen LogP contribution in [-0.4, -0.2) is 52.9 Å². The van der Waals surface area contributed by atoms with Gasteiger partial charge in [-0.3, -0.25) is 9.59 Å². The van der Waals surface area contributed by atoms with Gasteiger partial charge in [-0.15, -0.1) is 0 Å². The Morgan fingerprint density at radius 3 is 2.48 bits per heavy atom. The second-order valence-electron chi connectivity index (χ2n) is 6.95. The Hall–Kier alpha value is -2.41. The van der Waals surface area contributed by atoms with Crippen molar-refractivity contribution in [3.63, 3.8) is 0 Å². The van der Waals surface area contributed by atoms with Crippen LogP contribution in [0.25, 0.3) is 11.3 Å². The Labute approximate surface area is 160 Å². The topological polar surface area (TPSA) is 66.7 Å². The van der Waals surface area contributed by atoms with Crippen LogP contribution in [-0.2, 0) is 4.79 Å². The lowest BCUT2D eigenvalue weighted by Gasteiger charge is -2.35. The predicted molar refractivity (Wildman–Crippen MR) is 96.9 cm³/mol. The second-order valence-corrected chi connectivity index (χ2v) is 7.36. The van der Waals surface area contributed by atoms with E-state index in [0.29, 0.717) is 31.9 Å². The molecule has 4 rings (SSSR count). The van der Waals surface area contributed by atoms with Gasteiger partial charge in [0.2, 0.25) is 5.91 Å². The van der Waals surface area contributed by atoms with E-state index in [-0.39, 0.29) is 39.6 Å². The van der Waals surface area contributed by atoms with Crippen LogP contribution in [0.5, 0.6) is 0 Å². The molecule has 2 aromatic rings. The van der Waals surface area contributed by atoms with Crippen molar-refractivity contribution in [2.45, 2.75) is 19.8 Å². The third-order valence-electron chi connectivity index (χ3n) is 5.08. The maximum atomic E-state index is 14.3. The first-order chi connectivity index (χ1) is 13.0. The van der Waals surface area contributed by atoms with Crippen LogP contribution in [0.2, 0.25) is 5.02 Å². The van der Waals surface area contributed by atoms with E-state index >= 15 is 0 Å². The minimum absolute atomic E-state index is 0.0573. The normalized spacial score (nSPS) is 17.3. The number of halogens is 2. The summed E-state index contributed by atoms with van der Waals surface area (Å²) < 4.78 is 19.5. The zero-order valence-corrected chi connectivity index (χ0v) is 15.6. The van der Waals surface area contributed by atoms with E-state index < -0.39 is 5.82 Å². The van der Waals surface area contributed by atoms with Crippen LogP contribution >= 0.6 is 11.6 Å². The highest BCUT2D eigenvalue weighted by Crippen LogP contribution is 2.34. The average Bonchev–Trinajstić information content (AvgIpc) is 3.44. The molecule has 1 saturated heterocycles. The molecule has 2 amide bonds. The molecule has 0 spiro atoms. The van der Waals surface area contributed by atoms with Gasteiger partial charge in [0, 0.05) is 32.1 Å². The predicted octanol–water partition coefficient (Wildman–Crippen LogP) is 3.14. The third kappa shape index (κ3) is 3.32. The van der Waals surface area contributed by atoms with E-state index in [2.05, 4.69) is 5.16 Å². The van der Waals surface area contributed by atoms with Crippen LogP contribution < -0.4 is 0 Å². The van der Waals surface area contributed by atoms with Crippen LogP contribution in [0.1, 0.15) is 29.0 Å². The van der Waals surface area contributed by atoms with Gasteiger partial charge < -0.3 is 14.3 Å². The quantitative estimate of drug-likeness (QED) is 0.806. The second kappa shape index (κ2) is 6.96. The number of benzene rings is 1. The van der Waals surface area contributed by atoms with E-state index in [4.69, 9.17) is 16.1 Å². The molecule has 1 saturated carbocycles. The summed E-state index contributed by atoms with van der Waals surface area (Å²) in [6.45, 7) is 3.46. The van der Waals surface area contributed by atoms with Gasteiger partial charge in [-0.05, 0) is 31.9 Å². The third-order valence-corrected chi connectivity index (χ3v) is 5.40. The largest absolute Gasteiger partial charge is 0.360 e. The molecule has 0 bridgehead atoms. The van der Waals surface area contributed by atoms with Crippen LogP contribution in [0.15, 0.2) is 22.7 Å². The van der Waals surface area contributed by atoms with Gasteiger partial charge in [-0.1, -0.05) is 22.8 Å². The SMILES string of the molecule is Cc1onc(-c2c(F)cccc2Cl)c1C(=O)N1CCN(C(=O)C2CC2)CC1. The lowest BCUT2D eigenvalue weighted by molar-refractivity contribution is -0.134. The van der Waals surface area contributed by atoms with Gasteiger partial charge in [0.1, 0.15) is 22.8 Å². The van der Waals surface area contributed by atoms with Gasteiger partial charge in [0.05, 0.1) is 10.6 Å². The Bertz CT molecular complexity index is 881. The molecule has 0 unspecified atom stereocenters. The van der Waals surface area contributed by atoms with Crippen LogP contribution in [0, 0.1) is 18.7 Å². The number of carbonyl (C=O) groups excluding carboxylic acids is 2. The van der Waals surface area contributed by atoms with Gasteiger partial charge in [-0.2, -0.15) is 0 Å². The summed E-state index contributed by atoms with van der Waals surface area (Å²) in [5.74, 6) is -0.193. The number of rotatable bonds is 3. The molecular weight excluding hydrogens is 373 g/mol. The molecule has 27 heavy (non-hydrogen) atoms. The summed E-state index contributed by atoms with van der Waals surface area (Å²) >= 11 is 6.13. The van der Waals surface area contributed by atoms with Crippen molar-refractivity contribution in [1.82, 2.24) is 15.0 Å². The Morgan fingerprint density at radius 1 is 1.19 bits per heavy atom. The summed E-state index contributed by atoms with van der Waals surface area (Å²) in [6.07, 6.45) is 1.93. The van der Waals surface area contributed by atoms with Crippen molar-refractivity contribution in [3.05, 3.63) is 40.4 Å². The zero-order chi connectivity index (χ0) is 19.1. The Morgan fingerprint density at radius 2 is 1.85 bits per heavy atom. The summed E-state index contributed by atoms with van der Waals surface area (Å²) in [4.78, 5) is 28.7. The summed E-state index contributed by atoms with van der Waals surface area (Å²) in [5.41, 5.74) is 0.378. The molecule has 0 N–H and O–H groups in total. The van der Waals surface area contributed by atoms with Gasteiger partial charge in [0.15, 0.2) is 0 Å². The van der Waals surface area contributed by atoms with E-state index in [1.165, 1.54) is 12.1 Å². The molecule has 0 radical (unpaired) electrons. The minimum Gasteiger partial charge on any atom is -0.360 e. The van der Waals surface area contributed by atoms with Crippen molar-refractivity contribution in [2.75, 3.05) is 26.2 Å². The number of carbonyl (C=O) groups is 2. The van der Waals surface area contributed by atoms with E-state index in [1.807, 2.05) is 4.90 Å². The molecule has 2 heterocycles. The van der Waals surface area contributed by atoms with Crippen LogP contribution in [0.3, 0.4) is 0 Å². The average molecular weight is 392 g/mol. The highest BCUT2D eigenvalue weighted by Gasteiger charge is 2.36. The number of amides is 2. The molecule has 1 aliphatic heterocycles. The van der Waals surface area contributed by atoms with Crippen molar-refractivity contribution >= 4 is 23.4 Å². The van der Waals surface area contributed by atoms with Crippen molar-refractivity contribution < 1.29 is 18.5 Å². The first kappa shape index (κ1) is 18.0. The summed E-state index contributed by atoms with van der Waals surface area (Å²) in [7, 11) is 0. The number of aryl methyl sites for hydroxylation is 1. The molecule has 1 aromatic heterocycles.